The lowest BCUT2D eigenvalue weighted by Crippen LogP contribution is -2.48. The summed E-state index contributed by atoms with van der Waals surface area (Å²) in [4.78, 5) is 17.5. The van der Waals surface area contributed by atoms with Gasteiger partial charge in [0.25, 0.3) is 0 Å². The predicted octanol–water partition coefficient (Wildman–Crippen LogP) is 3.86. The first-order valence-electron chi connectivity index (χ1n) is 11.3. The first-order valence-corrected chi connectivity index (χ1v) is 11.3. The van der Waals surface area contributed by atoms with Gasteiger partial charge in [-0.15, -0.1) is 0 Å². The molecule has 168 valence electrons. The maximum Gasteiger partial charge on any atom is 0.238 e. The van der Waals surface area contributed by atoms with Crippen molar-refractivity contribution in [3.63, 3.8) is 0 Å². The normalized spacial score (nSPS) is 15.1. The van der Waals surface area contributed by atoms with Crippen molar-refractivity contribution in [3.05, 3.63) is 76.6 Å². The van der Waals surface area contributed by atoms with E-state index in [0.717, 1.165) is 55.5 Å². The van der Waals surface area contributed by atoms with E-state index >= 15 is 0 Å². The van der Waals surface area contributed by atoms with Crippen LogP contribution in [0.5, 0.6) is 0 Å². The summed E-state index contributed by atoms with van der Waals surface area (Å²) >= 11 is 0. The molecule has 4 rings (SSSR count). The Balaban J connectivity index is 1.31. The number of amides is 1. The molecule has 0 unspecified atom stereocenters. The highest BCUT2D eigenvalue weighted by Crippen LogP contribution is 2.23. The number of rotatable bonds is 6. The van der Waals surface area contributed by atoms with Gasteiger partial charge in [0.05, 0.1) is 29.3 Å². The second kappa shape index (κ2) is 9.67. The number of anilines is 1. The summed E-state index contributed by atoms with van der Waals surface area (Å²) in [5.41, 5.74) is 7.46. The molecule has 1 N–H and O–H groups in total. The minimum absolute atomic E-state index is 0.0202. The van der Waals surface area contributed by atoms with E-state index in [9.17, 15) is 4.79 Å². The molecule has 0 atom stereocenters. The summed E-state index contributed by atoms with van der Waals surface area (Å²) in [6.07, 6.45) is 0. The lowest BCUT2D eigenvalue weighted by atomic mass is 10.1. The molecule has 1 aliphatic heterocycles. The molecule has 6 heteroatoms. The lowest BCUT2D eigenvalue weighted by molar-refractivity contribution is -0.117. The second-order valence-electron chi connectivity index (χ2n) is 8.88. The Morgan fingerprint density at radius 3 is 2.28 bits per heavy atom. The average Bonchev–Trinajstić information content (AvgIpc) is 3.04. The summed E-state index contributed by atoms with van der Waals surface area (Å²) in [6.45, 7) is 13.3. The van der Waals surface area contributed by atoms with E-state index in [1.165, 1.54) is 16.7 Å². The van der Waals surface area contributed by atoms with E-state index in [0.29, 0.717) is 6.54 Å². The third-order valence-electron chi connectivity index (χ3n) is 6.16. The van der Waals surface area contributed by atoms with Crippen LogP contribution >= 0.6 is 0 Å². The first kappa shape index (κ1) is 22.2. The molecule has 1 saturated heterocycles. The van der Waals surface area contributed by atoms with Crippen molar-refractivity contribution in [3.8, 4) is 5.69 Å². The van der Waals surface area contributed by atoms with Gasteiger partial charge in [-0.1, -0.05) is 47.5 Å². The van der Waals surface area contributed by atoms with Gasteiger partial charge in [-0.05, 0) is 45.4 Å². The summed E-state index contributed by atoms with van der Waals surface area (Å²) in [5.74, 6) is 0.0202. The molecule has 0 radical (unpaired) electrons. The predicted molar refractivity (Wildman–Crippen MR) is 129 cm³/mol. The number of piperazine rings is 1. The minimum Gasteiger partial charge on any atom is -0.322 e. The summed E-state index contributed by atoms with van der Waals surface area (Å²) in [5, 5.41) is 7.75. The van der Waals surface area contributed by atoms with Gasteiger partial charge in [0.1, 0.15) is 0 Å². The van der Waals surface area contributed by atoms with Gasteiger partial charge in [-0.25, -0.2) is 4.68 Å². The van der Waals surface area contributed by atoms with Crippen molar-refractivity contribution in [2.75, 3.05) is 38.0 Å². The molecule has 2 heterocycles. The van der Waals surface area contributed by atoms with E-state index in [1.807, 2.05) is 18.5 Å². The zero-order valence-corrected chi connectivity index (χ0v) is 19.6. The zero-order valence-electron chi connectivity index (χ0n) is 19.6. The number of benzene rings is 2. The van der Waals surface area contributed by atoms with Crippen LogP contribution in [0.1, 0.15) is 28.1 Å². The molecule has 1 aromatic heterocycles. The van der Waals surface area contributed by atoms with Gasteiger partial charge in [-0.2, -0.15) is 5.10 Å². The van der Waals surface area contributed by atoms with E-state index < -0.39 is 0 Å². The molecule has 0 spiro atoms. The molecule has 0 saturated carbocycles. The fraction of sp³-hybridized carbons (Fsp3) is 0.385. The lowest BCUT2D eigenvalue weighted by Gasteiger charge is -2.34. The molecule has 2 aromatic carbocycles. The molecular formula is C26H33N5O. The molecule has 3 aromatic rings. The number of carbonyl (C=O) groups is 1. The van der Waals surface area contributed by atoms with Crippen LogP contribution in [-0.4, -0.2) is 58.2 Å². The second-order valence-corrected chi connectivity index (χ2v) is 8.88. The smallest absolute Gasteiger partial charge is 0.238 e. The van der Waals surface area contributed by atoms with Gasteiger partial charge < -0.3 is 5.32 Å². The Morgan fingerprint density at radius 2 is 1.59 bits per heavy atom. The van der Waals surface area contributed by atoms with Crippen LogP contribution < -0.4 is 5.32 Å². The highest BCUT2D eigenvalue weighted by atomic mass is 16.2. The number of carbonyl (C=O) groups excluding carboxylic acids is 1. The Labute approximate surface area is 190 Å². The van der Waals surface area contributed by atoms with Gasteiger partial charge in [-0.3, -0.25) is 14.6 Å². The monoisotopic (exact) mass is 431 g/mol. The number of aromatic nitrogens is 2. The molecule has 6 nitrogen and oxygen atoms in total. The Morgan fingerprint density at radius 1 is 0.906 bits per heavy atom. The third-order valence-corrected chi connectivity index (χ3v) is 6.16. The molecule has 1 aliphatic rings. The van der Waals surface area contributed by atoms with Crippen molar-refractivity contribution >= 4 is 11.6 Å². The SMILES string of the molecule is Cc1ccc(-n2nc(C)c(NC(=O)CN3CCN(Cc4cccc(C)c4)CC3)c2C)cc1. The largest absolute Gasteiger partial charge is 0.322 e. The zero-order chi connectivity index (χ0) is 22.7. The number of hydrogen-bond acceptors (Lipinski definition) is 4. The minimum atomic E-state index is 0.0202. The summed E-state index contributed by atoms with van der Waals surface area (Å²) in [7, 11) is 0. The molecule has 1 amide bonds. The standard InChI is InChI=1S/C26H33N5O/c1-19-8-10-24(11-9-19)31-22(4)26(21(3)28-31)27-25(32)18-30-14-12-29(13-15-30)17-23-7-5-6-20(2)16-23/h5-11,16H,12-15,17-18H2,1-4H3,(H,27,32). The Bertz CT molecular complexity index is 1080. The Hall–Kier alpha value is -2.96. The fourth-order valence-electron chi connectivity index (χ4n) is 4.32. The van der Waals surface area contributed by atoms with Gasteiger partial charge in [0.2, 0.25) is 5.91 Å². The van der Waals surface area contributed by atoms with Crippen LogP contribution in [0.4, 0.5) is 5.69 Å². The van der Waals surface area contributed by atoms with Crippen LogP contribution in [0, 0.1) is 27.7 Å². The molecule has 32 heavy (non-hydrogen) atoms. The highest BCUT2D eigenvalue weighted by molar-refractivity contribution is 5.93. The molecule has 0 aliphatic carbocycles. The van der Waals surface area contributed by atoms with Crippen LogP contribution in [0.25, 0.3) is 5.69 Å². The van der Waals surface area contributed by atoms with Gasteiger partial charge in [0.15, 0.2) is 0 Å². The van der Waals surface area contributed by atoms with E-state index in [1.54, 1.807) is 0 Å². The highest BCUT2D eigenvalue weighted by Gasteiger charge is 2.21. The molecular weight excluding hydrogens is 398 g/mol. The Kier molecular flexibility index (Phi) is 6.72. The fourth-order valence-corrected chi connectivity index (χ4v) is 4.32. The van der Waals surface area contributed by atoms with Crippen LogP contribution in [0.2, 0.25) is 0 Å². The number of nitrogens with zero attached hydrogens (tertiary/aromatic N) is 4. The van der Waals surface area contributed by atoms with Crippen molar-refractivity contribution in [2.45, 2.75) is 34.2 Å². The number of hydrogen-bond donors (Lipinski definition) is 1. The topological polar surface area (TPSA) is 53.4 Å². The van der Waals surface area contributed by atoms with E-state index in [4.69, 9.17) is 0 Å². The van der Waals surface area contributed by atoms with Crippen LogP contribution in [0.15, 0.2) is 48.5 Å². The third kappa shape index (κ3) is 5.26. The van der Waals surface area contributed by atoms with Crippen molar-refractivity contribution < 1.29 is 4.79 Å². The van der Waals surface area contributed by atoms with E-state index in [2.05, 4.69) is 82.6 Å². The van der Waals surface area contributed by atoms with Crippen molar-refractivity contribution in [1.82, 2.24) is 19.6 Å². The first-order chi connectivity index (χ1) is 15.4. The quantitative estimate of drug-likeness (QED) is 0.644. The summed E-state index contributed by atoms with van der Waals surface area (Å²) in [6, 6.07) is 16.9. The molecule has 1 fully saturated rings. The molecule has 0 bridgehead atoms. The van der Waals surface area contributed by atoms with Crippen LogP contribution in [0.3, 0.4) is 0 Å². The maximum atomic E-state index is 12.8. The number of nitrogens with one attached hydrogen (secondary N) is 1. The van der Waals surface area contributed by atoms with Gasteiger partial charge >= 0.3 is 0 Å². The van der Waals surface area contributed by atoms with E-state index in [-0.39, 0.29) is 5.91 Å². The average molecular weight is 432 g/mol. The van der Waals surface area contributed by atoms with Gasteiger partial charge in [0, 0.05) is 32.7 Å². The number of aryl methyl sites for hydroxylation is 3. The summed E-state index contributed by atoms with van der Waals surface area (Å²) < 4.78 is 1.90. The van der Waals surface area contributed by atoms with Crippen molar-refractivity contribution in [2.24, 2.45) is 0 Å². The van der Waals surface area contributed by atoms with Crippen molar-refractivity contribution in [1.29, 1.82) is 0 Å². The van der Waals surface area contributed by atoms with Crippen LogP contribution in [-0.2, 0) is 11.3 Å². The maximum absolute atomic E-state index is 12.8.